The summed E-state index contributed by atoms with van der Waals surface area (Å²) in [5.41, 5.74) is 2.33. The average Bonchev–Trinajstić information content (AvgIpc) is 2.62. The Hall–Kier alpha value is -3.21. The first kappa shape index (κ1) is 16.6. The molecule has 0 aliphatic carbocycles. The molecule has 5 nitrogen and oxygen atoms in total. The van der Waals surface area contributed by atoms with Crippen LogP contribution in [0.1, 0.15) is 12.5 Å². The molecule has 3 rings (SSSR count). The molecule has 1 aromatic heterocycles. The fourth-order valence-corrected chi connectivity index (χ4v) is 2.73. The molecule has 0 fully saturated rings. The minimum absolute atomic E-state index is 0.243. The van der Waals surface area contributed by atoms with E-state index in [0.29, 0.717) is 12.1 Å². The molecule has 1 heterocycles. The molecule has 0 aliphatic heterocycles. The molecule has 0 spiro atoms. The van der Waals surface area contributed by atoms with Gasteiger partial charge in [-0.15, -0.1) is 0 Å². The number of pyridine rings is 1. The summed E-state index contributed by atoms with van der Waals surface area (Å²) in [6.45, 7) is 1.41. The largest absolute Gasteiger partial charge is 0.344 e. The van der Waals surface area contributed by atoms with Crippen LogP contribution in [0.3, 0.4) is 0 Å². The highest BCUT2D eigenvalue weighted by molar-refractivity contribution is 6.03. The highest BCUT2D eigenvalue weighted by Gasteiger charge is 2.20. The molecule has 0 radical (unpaired) electrons. The van der Waals surface area contributed by atoms with Crippen LogP contribution in [0, 0.1) is 0 Å². The Morgan fingerprint density at radius 2 is 1.76 bits per heavy atom. The molecule has 3 aromatic rings. The van der Waals surface area contributed by atoms with Gasteiger partial charge in [0.05, 0.1) is 11.2 Å². The second-order valence-corrected chi connectivity index (χ2v) is 5.81. The van der Waals surface area contributed by atoms with E-state index in [4.69, 9.17) is 0 Å². The smallest absolute Gasteiger partial charge is 0.247 e. The lowest BCUT2D eigenvalue weighted by molar-refractivity contribution is -0.125. The zero-order valence-electron chi connectivity index (χ0n) is 13.9. The Morgan fingerprint density at radius 3 is 2.52 bits per heavy atom. The highest BCUT2D eigenvalue weighted by Crippen LogP contribution is 2.21. The van der Waals surface area contributed by atoms with Crippen molar-refractivity contribution in [3.8, 4) is 0 Å². The number of amides is 2. The summed E-state index contributed by atoms with van der Waals surface area (Å²) in [6.07, 6.45) is 2.11. The number of carbonyl (C=O) groups excluding carboxylic acids is 2. The van der Waals surface area contributed by atoms with Crippen LogP contribution in [0.4, 0.5) is 5.69 Å². The molecule has 5 heteroatoms. The number of hydrogen-bond donors (Lipinski definition) is 2. The quantitative estimate of drug-likeness (QED) is 0.754. The normalized spacial score (nSPS) is 11.7. The summed E-state index contributed by atoms with van der Waals surface area (Å²) in [7, 11) is 0. The van der Waals surface area contributed by atoms with Gasteiger partial charge in [0.1, 0.15) is 6.04 Å². The van der Waals surface area contributed by atoms with E-state index in [1.165, 1.54) is 6.92 Å². The molecule has 0 bridgehead atoms. The van der Waals surface area contributed by atoms with Crippen molar-refractivity contribution >= 4 is 28.4 Å². The van der Waals surface area contributed by atoms with Crippen LogP contribution >= 0.6 is 0 Å². The van der Waals surface area contributed by atoms with Gasteiger partial charge in [0.15, 0.2) is 0 Å². The molecule has 0 saturated heterocycles. The van der Waals surface area contributed by atoms with Crippen molar-refractivity contribution in [1.29, 1.82) is 0 Å². The van der Waals surface area contributed by atoms with Crippen molar-refractivity contribution < 1.29 is 9.59 Å². The van der Waals surface area contributed by atoms with Crippen molar-refractivity contribution in [3.63, 3.8) is 0 Å². The van der Waals surface area contributed by atoms with Gasteiger partial charge >= 0.3 is 0 Å². The van der Waals surface area contributed by atoms with Crippen molar-refractivity contribution in [2.24, 2.45) is 0 Å². The third kappa shape index (κ3) is 4.20. The predicted molar refractivity (Wildman–Crippen MR) is 98.1 cm³/mol. The molecular weight excluding hydrogens is 314 g/mol. The first-order valence-electron chi connectivity index (χ1n) is 8.09. The average molecular weight is 333 g/mol. The number of aromatic nitrogens is 1. The van der Waals surface area contributed by atoms with Gasteiger partial charge < -0.3 is 10.6 Å². The van der Waals surface area contributed by atoms with E-state index in [1.54, 1.807) is 12.3 Å². The third-order valence-corrected chi connectivity index (χ3v) is 3.87. The number of anilines is 1. The highest BCUT2D eigenvalue weighted by atomic mass is 16.2. The maximum atomic E-state index is 12.7. The summed E-state index contributed by atoms with van der Waals surface area (Å²) in [5.74, 6) is -0.510. The lowest BCUT2D eigenvalue weighted by Gasteiger charge is -2.18. The van der Waals surface area contributed by atoms with E-state index in [0.717, 1.165) is 16.5 Å². The van der Waals surface area contributed by atoms with Gasteiger partial charge in [-0.3, -0.25) is 14.6 Å². The molecule has 2 amide bonds. The van der Waals surface area contributed by atoms with E-state index in [2.05, 4.69) is 15.6 Å². The van der Waals surface area contributed by atoms with Gasteiger partial charge in [0.2, 0.25) is 11.8 Å². The van der Waals surface area contributed by atoms with Crippen molar-refractivity contribution in [2.45, 2.75) is 19.4 Å². The Kier molecular flexibility index (Phi) is 5.04. The number of fused-ring (bicyclic) bond motifs is 1. The van der Waals surface area contributed by atoms with Gasteiger partial charge in [-0.1, -0.05) is 48.5 Å². The molecular formula is C20H19N3O2. The van der Waals surface area contributed by atoms with Crippen LogP contribution in [-0.4, -0.2) is 22.8 Å². The lowest BCUT2D eigenvalue weighted by atomic mass is 10.0. The van der Waals surface area contributed by atoms with E-state index in [-0.39, 0.29) is 11.8 Å². The number of carbonyl (C=O) groups is 2. The van der Waals surface area contributed by atoms with E-state index >= 15 is 0 Å². The van der Waals surface area contributed by atoms with Gasteiger partial charge in [-0.2, -0.15) is 0 Å². The van der Waals surface area contributed by atoms with Crippen LogP contribution < -0.4 is 10.6 Å². The predicted octanol–water partition coefficient (Wildman–Crippen LogP) is 2.92. The fourth-order valence-electron chi connectivity index (χ4n) is 2.73. The van der Waals surface area contributed by atoms with Gasteiger partial charge in [-0.05, 0) is 17.7 Å². The van der Waals surface area contributed by atoms with E-state index in [9.17, 15) is 9.59 Å². The van der Waals surface area contributed by atoms with E-state index in [1.807, 2.05) is 54.6 Å². The summed E-state index contributed by atoms with van der Waals surface area (Å²) in [5, 5.41) is 6.56. The number of nitrogens with one attached hydrogen (secondary N) is 2. The van der Waals surface area contributed by atoms with Crippen LogP contribution in [0.25, 0.3) is 10.9 Å². The second kappa shape index (κ2) is 7.57. The molecule has 0 unspecified atom stereocenters. The Morgan fingerprint density at radius 1 is 1.00 bits per heavy atom. The number of nitrogens with zero attached hydrogens (tertiary/aromatic N) is 1. The van der Waals surface area contributed by atoms with Crippen molar-refractivity contribution in [2.75, 3.05) is 5.32 Å². The first-order chi connectivity index (χ1) is 12.1. The fraction of sp³-hybridized carbons (Fsp3) is 0.150. The summed E-state index contributed by atoms with van der Waals surface area (Å²) >= 11 is 0. The zero-order valence-corrected chi connectivity index (χ0v) is 13.9. The van der Waals surface area contributed by atoms with Crippen LogP contribution in [0.5, 0.6) is 0 Å². The lowest BCUT2D eigenvalue weighted by Crippen LogP contribution is -2.44. The standard InChI is InChI=1S/C20H19N3O2/c1-14(24)22-18(13-15-7-3-2-4-8-15)20(25)23-17-11-5-9-16-10-6-12-21-19(16)17/h2-12,18H,13H2,1H3,(H,22,24)(H,23,25)/t18-/m0/s1. The SMILES string of the molecule is CC(=O)N[C@@H](Cc1ccccc1)C(=O)Nc1cccc2cccnc12. The number of hydrogen-bond acceptors (Lipinski definition) is 3. The van der Waals surface area contributed by atoms with Gasteiger partial charge in [0.25, 0.3) is 0 Å². The molecule has 2 aromatic carbocycles. The molecule has 0 saturated carbocycles. The first-order valence-corrected chi connectivity index (χ1v) is 8.09. The molecule has 2 N–H and O–H groups in total. The van der Waals surface area contributed by atoms with E-state index < -0.39 is 6.04 Å². The molecule has 126 valence electrons. The second-order valence-electron chi connectivity index (χ2n) is 5.81. The molecule has 0 aliphatic rings. The minimum Gasteiger partial charge on any atom is -0.344 e. The van der Waals surface area contributed by atoms with Crippen LogP contribution in [-0.2, 0) is 16.0 Å². The molecule has 25 heavy (non-hydrogen) atoms. The number of para-hydroxylation sites is 1. The van der Waals surface area contributed by atoms with Crippen molar-refractivity contribution in [1.82, 2.24) is 10.3 Å². The summed E-state index contributed by atoms with van der Waals surface area (Å²) in [6, 6.07) is 18.3. The van der Waals surface area contributed by atoms with Crippen LogP contribution in [0.15, 0.2) is 66.9 Å². The number of benzene rings is 2. The van der Waals surface area contributed by atoms with Gasteiger partial charge in [0, 0.05) is 24.9 Å². The summed E-state index contributed by atoms with van der Waals surface area (Å²) < 4.78 is 0. The maximum Gasteiger partial charge on any atom is 0.247 e. The Bertz CT molecular complexity index is 888. The topological polar surface area (TPSA) is 71.1 Å². The van der Waals surface area contributed by atoms with Crippen molar-refractivity contribution in [3.05, 3.63) is 72.4 Å². The molecule has 1 atom stereocenters. The Balaban J connectivity index is 1.83. The maximum absolute atomic E-state index is 12.7. The minimum atomic E-state index is -0.654. The Labute approximate surface area is 146 Å². The van der Waals surface area contributed by atoms with Gasteiger partial charge in [-0.25, -0.2) is 0 Å². The third-order valence-electron chi connectivity index (χ3n) is 3.87. The monoisotopic (exact) mass is 333 g/mol. The zero-order chi connectivity index (χ0) is 17.6. The van der Waals surface area contributed by atoms with Crippen LogP contribution in [0.2, 0.25) is 0 Å². The summed E-state index contributed by atoms with van der Waals surface area (Å²) in [4.78, 5) is 28.6. The number of rotatable bonds is 5.